The molecule has 0 saturated heterocycles. The standard InChI is InChI=1S/C15H19BrClN3/c1-9-7-11(5-6-12(9)17)13(18-3)8-14-15(16)10(2)19-20(14)4/h5-7,13,18H,8H2,1-4H3. The summed E-state index contributed by atoms with van der Waals surface area (Å²) < 4.78 is 3.03. The van der Waals surface area contributed by atoms with Crippen molar-refractivity contribution >= 4 is 27.5 Å². The van der Waals surface area contributed by atoms with Gasteiger partial charge in [0.1, 0.15) is 0 Å². The van der Waals surface area contributed by atoms with Gasteiger partial charge in [-0.25, -0.2) is 0 Å². The monoisotopic (exact) mass is 355 g/mol. The van der Waals surface area contributed by atoms with E-state index in [-0.39, 0.29) is 6.04 Å². The normalized spacial score (nSPS) is 12.7. The molecule has 2 aromatic rings. The van der Waals surface area contributed by atoms with E-state index in [0.29, 0.717) is 0 Å². The lowest BCUT2D eigenvalue weighted by Gasteiger charge is -2.18. The van der Waals surface area contributed by atoms with Gasteiger partial charge in [-0.05, 0) is 54.0 Å². The molecule has 3 nitrogen and oxygen atoms in total. The largest absolute Gasteiger partial charge is 0.313 e. The van der Waals surface area contributed by atoms with Gasteiger partial charge in [0.2, 0.25) is 0 Å². The maximum atomic E-state index is 6.10. The second-order valence-electron chi connectivity index (χ2n) is 5.02. The number of nitrogens with zero attached hydrogens (tertiary/aromatic N) is 2. The quantitative estimate of drug-likeness (QED) is 0.899. The van der Waals surface area contributed by atoms with E-state index in [1.54, 1.807) is 0 Å². The number of hydrogen-bond acceptors (Lipinski definition) is 2. The van der Waals surface area contributed by atoms with Gasteiger partial charge in [-0.1, -0.05) is 23.7 Å². The third kappa shape index (κ3) is 3.08. The van der Waals surface area contributed by atoms with Gasteiger partial charge >= 0.3 is 0 Å². The van der Waals surface area contributed by atoms with Crippen molar-refractivity contribution in [1.29, 1.82) is 0 Å². The summed E-state index contributed by atoms with van der Waals surface area (Å²) in [6, 6.07) is 6.41. The maximum absolute atomic E-state index is 6.10. The van der Waals surface area contributed by atoms with Crippen LogP contribution in [0.3, 0.4) is 0 Å². The molecule has 0 saturated carbocycles. The van der Waals surface area contributed by atoms with Crippen molar-refractivity contribution in [2.75, 3.05) is 7.05 Å². The third-order valence-corrected chi connectivity index (χ3v) is 5.05. The molecule has 5 heteroatoms. The summed E-state index contributed by atoms with van der Waals surface area (Å²) in [5, 5.41) is 8.62. The van der Waals surface area contributed by atoms with Crippen LogP contribution in [0.4, 0.5) is 0 Å². The van der Waals surface area contributed by atoms with E-state index in [0.717, 1.165) is 27.2 Å². The lowest BCUT2D eigenvalue weighted by molar-refractivity contribution is 0.560. The van der Waals surface area contributed by atoms with Crippen molar-refractivity contribution in [2.24, 2.45) is 7.05 Å². The van der Waals surface area contributed by atoms with Crippen LogP contribution in [0.15, 0.2) is 22.7 Å². The molecule has 1 N–H and O–H groups in total. The first kappa shape index (κ1) is 15.5. The highest BCUT2D eigenvalue weighted by Crippen LogP contribution is 2.27. The highest BCUT2D eigenvalue weighted by Gasteiger charge is 2.17. The number of aromatic nitrogens is 2. The van der Waals surface area contributed by atoms with Gasteiger partial charge in [-0.2, -0.15) is 5.10 Å². The van der Waals surface area contributed by atoms with Gasteiger partial charge in [0, 0.05) is 24.5 Å². The summed E-state index contributed by atoms with van der Waals surface area (Å²) in [7, 11) is 3.96. The van der Waals surface area contributed by atoms with Crippen molar-refractivity contribution in [3.8, 4) is 0 Å². The Kier molecular flexibility index (Phi) is 4.89. The fourth-order valence-corrected chi connectivity index (χ4v) is 2.98. The molecule has 0 aliphatic heterocycles. The molecular weight excluding hydrogens is 338 g/mol. The summed E-state index contributed by atoms with van der Waals surface area (Å²) in [6.45, 7) is 4.04. The molecule has 0 radical (unpaired) electrons. The number of nitrogens with one attached hydrogen (secondary N) is 1. The number of hydrogen-bond donors (Lipinski definition) is 1. The molecule has 2 rings (SSSR count). The summed E-state index contributed by atoms with van der Waals surface area (Å²) in [6.07, 6.45) is 0.871. The van der Waals surface area contributed by atoms with Crippen molar-refractivity contribution in [1.82, 2.24) is 15.1 Å². The van der Waals surface area contributed by atoms with Crippen molar-refractivity contribution < 1.29 is 0 Å². The van der Waals surface area contributed by atoms with Crippen LogP contribution in [-0.2, 0) is 13.5 Å². The first-order valence-electron chi connectivity index (χ1n) is 6.55. The molecule has 108 valence electrons. The van der Waals surface area contributed by atoms with Crippen LogP contribution in [0.1, 0.15) is 28.6 Å². The zero-order valence-corrected chi connectivity index (χ0v) is 14.5. The van der Waals surface area contributed by atoms with Gasteiger partial charge in [-0.15, -0.1) is 0 Å². The Balaban J connectivity index is 2.31. The molecule has 1 unspecified atom stereocenters. The lowest BCUT2D eigenvalue weighted by Crippen LogP contribution is -2.20. The number of benzene rings is 1. The molecule has 0 aliphatic rings. The Morgan fingerprint density at radius 1 is 1.40 bits per heavy atom. The van der Waals surface area contributed by atoms with E-state index in [1.807, 2.05) is 38.7 Å². The molecule has 0 amide bonds. The summed E-state index contributed by atoms with van der Waals surface area (Å²) >= 11 is 9.73. The summed E-state index contributed by atoms with van der Waals surface area (Å²) in [5.41, 5.74) is 4.55. The van der Waals surface area contributed by atoms with E-state index in [9.17, 15) is 0 Å². The van der Waals surface area contributed by atoms with Gasteiger partial charge in [0.25, 0.3) is 0 Å². The maximum Gasteiger partial charge on any atom is 0.0738 e. The minimum atomic E-state index is 0.233. The van der Waals surface area contributed by atoms with E-state index in [1.165, 1.54) is 11.3 Å². The minimum absolute atomic E-state index is 0.233. The van der Waals surface area contributed by atoms with Gasteiger partial charge < -0.3 is 5.32 Å². The van der Waals surface area contributed by atoms with Crippen LogP contribution in [0.5, 0.6) is 0 Å². The number of aryl methyl sites for hydroxylation is 3. The molecule has 1 aromatic carbocycles. The van der Waals surface area contributed by atoms with Gasteiger partial charge in [-0.3, -0.25) is 4.68 Å². The van der Waals surface area contributed by atoms with Crippen molar-refractivity contribution in [2.45, 2.75) is 26.3 Å². The van der Waals surface area contributed by atoms with Crippen molar-refractivity contribution in [3.05, 3.63) is 50.2 Å². The second-order valence-corrected chi connectivity index (χ2v) is 6.22. The molecule has 0 bridgehead atoms. The Morgan fingerprint density at radius 2 is 2.10 bits per heavy atom. The smallest absolute Gasteiger partial charge is 0.0738 e. The number of rotatable bonds is 4. The average molecular weight is 357 g/mol. The molecule has 20 heavy (non-hydrogen) atoms. The number of likely N-dealkylation sites (N-methyl/N-ethyl adjacent to an activating group) is 1. The zero-order chi connectivity index (χ0) is 14.9. The van der Waals surface area contributed by atoms with Gasteiger partial charge in [0.15, 0.2) is 0 Å². The van der Waals surface area contributed by atoms with E-state index in [4.69, 9.17) is 11.6 Å². The lowest BCUT2D eigenvalue weighted by atomic mass is 10.00. The summed E-state index contributed by atoms with van der Waals surface area (Å²) in [5.74, 6) is 0. The van der Waals surface area contributed by atoms with E-state index >= 15 is 0 Å². The van der Waals surface area contributed by atoms with Gasteiger partial charge in [0.05, 0.1) is 15.9 Å². The van der Waals surface area contributed by atoms with Crippen LogP contribution in [0.2, 0.25) is 5.02 Å². The Morgan fingerprint density at radius 3 is 2.60 bits per heavy atom. The minimum Gasteiger partial charge on any atom is -0.313 e. The highest BCUT2D eigenvalue weighted by molar-refractivity contribution is 9.10. The Bertz CT molecular complexity index is 622. The Labute approximate surface area is 133 Å². The molecule has 0 spiro atoms. The van der Waals surface area contributed by atoms with Crippen LogP contribution in [0, 0.1) is 13.8 Å². The molecule has 1 heterocycles. The van der Waals surface area contributed by atoms with Crippen LogP contribution in [0.25, 0.3) is 0 Å². The van der Waals surface area contributed by atoms with E-state index < -0.39 is 0 Å². The molecule has 0 aliphatic carbocycles. The number of halogens is 2. The second kappa shape index (κ2) is 6.29. The van der Waals surface area contributed by atoms with Crippen molar-refractivity contribution in [3.63, 3.8) is 0 Å². The fourth-order valence-electron chi connectivity index (χ4n) is 2.37. The summed E-state index contributed by atoms with van der Waals surface area (Å²) in [4.78, 5) is 0. The third-order valence-electron chi connectivity index (χ3n) is 3.59. The molecular formula is C15H19BrClN3. The first-order valence-corrected chi connectivity index (χ1v) is 7.72. The fraction of sp³-hybridized carbons (Fsp3) is 0.400. The Hall–Kier alpha value is -0.840. The highest BCUT2D eigenvalue weighted by atomic mass is 79.9. The molecule has 1 atom stereocenters. The molecule has 1 aromatic heterocycles. The van der Waals surface area contributed by atoms with Crippen LogP contribution in [-0.4, -0.2) is 16.8 Å². The van der Waals surface area contributed by atoms with Crippen LogP contribution < -0.4 is 5.32 Å². The topological polar surface area (TPSA) is 29.9 Å². The average Bonchev–Trinajstić information content (AvgIpc) is 2.65. The predicted octanol–water partition coefficient (Wildman–Crippen LogP) is 3.96. The zero-order valence-electron chi connectivity index (χ0n) is 12.2. The van der Waals surface area contributed by atoms with E-state index in [2.05, 4.69) is 38.5 Å². The van der Waals surface area contributed by atoms with Crippen LogP contribution >= 0.6 is 27.5 Å². The SMILES string of the molecule is CNC(Cc1c(Br)c(C)nn1C)c1ccc(Cl)c(C)c1. The first-order chi connectivity index (χ1) is 9.43. The molecule has 0 fully saturated rings. The predicted molar refractivity (Wildman–Crippen MR) is 87.3 cm³/mol.